The summed E-state index contributed by atoms with van der Waals surface area (Å²) >= 11 is 0. The second-order valence-electron chi connectivity index (χ2n) is 5.28. The molecule has 1 unspecified atom stereocenters. The SMILES string of the molecule is COc1ccccc1-c1ccccc1S(=O)c1ccc(C)cc1. The molecule has 0 aliphatic carbocycles. The van der Waals surface area contributed by atoms with Gasteiger partial charge in [0.05, 0.1) is 22.8 Å². The van der Waals surface area contributed by atoms with Crippen LogP contribution in [0.15, 0.2) is 82.6 Å². The predicted molar refractivity (Wildman–Crippen MR) is 94.3 cm³/mol. The lowest BCUT2D eigenvalue weighted by Gasteiger charge is -2.13. The second kappa shape index (κ2) is 6.80. The molecule has 0 aliphatic heterocycles. The van der Waals surface area contributed by atoms with Crippen molar-refractivity contribution in [3.8, 4) is 16.9 Å². The molecule has 2 nitrogen and oxygen atoms in total. The van der Waals surface area contributed by atoms with Gasteiger partial charge in [0.2, 0.25) is 0 Å². The van der Waals surface area contributed by atoms with E-state index in [4.69, 9.17) is 4.74 Å². The normalized spacial score (nSPS) is 11.9. The lowest BCUT2D eigenvalue weighted by molar-refractivity contribution is 0.416. The van der Waals surface area contributed by atoms with E-state index in [9.17, 15) is 4.21 Å². The molecule has 0 spiro atoms. The van der Waals surface area contributed by atoms with Gasteiger partial charge in [-0.3, -0.25) is 0 Å². The molecule has 0 N–H and O–H groups in total. The lowest BCUT2D eigenvalue weighted by Crippen LogP contribution is -1.97. The standard InChI is InChI=1S/C20H18O2S/c1-15-11-13-16(14-12-15)23(21)20-10-6-4-8-18(20)17-7-3-5-9-19(17)22-2/h3-14H,1-2H3. The average Bonchev–Trinajstić information content (AvgIpc) is 2.62. The van der Waals surface area contributed by atoms with E-state index in [0.717, 1.165) is 32.2 Å². The Labute approximate surface area is 139 Å². The number of methoxy groups -OCH3 is 1. The van der Waals surface area contributed by atoms with Gasteiger partial charge >= 0.3 is 0 Å². The van der Waals surface area contributed by atoms with E-state index in [1.54, 1.807) is 7.11 Å². The summed E-state index contributed by atoms with van der Waals surface area (Å²) in [5.74, 6) is 0.779. The molecule has 23 heavy (non-hydrogen) atoms. The lowest BCUT2D eigenvalue weighted by atomic mass is 10.0. The Morgan fingerprint density at radius 3 is 2.09 bits per heavy atom. The molecular weight excluding hydrogens is 304 g/mol. The number of benzene rings is 3. The van der Waals surface area contributed by atoms with Crippen molar-refractivity contribution >= 4 is 10.8 Å². The zero-order valence-electron chi connectivity index (χ0n) is 13.2. The minimum Gasteiger partial charge on any atom is -0.496 e. The number of hydrogen-bond donors (Lipinski definition) is 0. The molecule has 3 aromatic carbocycles. The summed E-state index contributed by atoms with van der Waals surface area (Å²) in [5, 5.41) is 0. The van der Waals surface area contributed by atoms with Crippen molar-refractivity contribution in [3.05, 3.63) is 78.4 Å². The Kier molecular flexibility index (Phi) is 4.58. The molecule has 3 heteroatoms. The molecule has 0 bridgehead atoms. The minimum atomic E-state index is -1.23. The zero-order valence-corrected chi connectivity index (χ0v) is 14.0. The highest BCUT2D eigenvalue weighted by Gasteiger charge is 2.15. The topological polar surface area (TPSA) is 26.3 Å². The molecule has 0 aromatic heterocycles. The number of ether oxygens (including phenoxy) is 1. The summed E-state index contributed by atoms with van der Waals surface area (Å²) in [5.41, 5.74) is 3.04. The monoisotopic (exact) mass is 322 g/mol. The Balaban J connectivity index is 2.11. The van der Waals surface area contributed by atoms with E-state index in [-0.39, 0.29) is 0 Å². The van der Waals surface area contributed by atoms with Crippen molar-refractivity contribution in [1.82, 2.24) is 0 Å². The van der Waals surface area contributed by atoms with E-state index < -0.39 is 10.8 Å². The van der Waals surface area contributed by atoms with Crippen molar-refractivity contribution in [2.24, 2.45) is 0 Å². The molecule has 0 amide bonds. The van der Waals surface area contributed by atoms with Crippen LogP contribution < -0.4 is 4.74 Å². The van der Waals surface area contributed by atoms with Crippen molar-refractivity contribution in [2.45, 2.75) is 16.7 Å². The molecular formula is C20H18O2S. The van der Waals surface area contributed by atoms with E-state index in [2.05, 4.69) is 0 Å². The highest BCUT2D eigenvalue weighted by atomic mass is 32.2. The molecule has 0 radical (unpaired) electrons. The van der Waals surface area contributed by atoms with Gasteiger partial charge in [-0.25, -0.2) is 4.21 Å². The summed E-state index contributed by atoms with van der Waals surface area (Å²) in [6, 6.07) is 23.4. The van der Waals surface area contributed by atoms with Crippen LogP contribution in [0.1, 0.15) is 5.56 Å². The first-order valence-corrected chi connectivity index (χ1v) is 8.56. The molecule has 3 rings (SSSR count). The highest BCUT2D eigenvalue weighted by Crippen LogP contribution is 2.34. The van der Waals surface area contributed by atoms with Crippen LogP contribution in [-0.2, 0) is 10.8 Å². The third-order valence-corrected chi connectivity index (χ3v) is 5.17. The molecule has 0 saturated heterocycles. The third kappa shape index (κ3) is 3.20. The summed E-state index contributed by atoms with van der Waals surface area (Å²) in [6.45, 7) is 2.02. The molecule has 0 saturated carbocycles. The van der Waals surface area contributed by atoms with Crippen LogP contribution in [0.3, 0.4) is 0 Å². The summed E-state index contributed by atoms with van der Waals surface area (Å²) in [4.78, 5) is 1.60. The highest BCUT2D eigenvalue weighted by molar-refractivity contribution is 7.85. The molecule has 1 atom stereocenters. The quantitative estimate of drug-likeness (QED) is 0.687. The largest absolute Gasteiger partial charge is 0.496 e. The first kappa shape index (κ1) is 15.5. The van der Waals surface area contributed by atoms with Gasteiger partial charge in [-0.2, -0.15) is 0 Å². The number of hydrogen-bond acceptors (Lipinski definition) is 2. The van der Waals surface area contributed by atoms with Crippen LogP contribution in [-0.4, -0.2) is 11.3 Å². The molecule has 0 heterocycles. The van der Waals surface area contributed by atoms with Crippen LogP contribution in [0.2, 0.25) is 0 Å². The van der Waals surface area contributed by atoms with Gasteiger partial charge < -0.3 is 4.74 Å². The van der Waals surface area contributed by atoms with E-state index in [1.165, 1.54) is 0 Å². The van der Waals surface area contributed by atoms with Crippen LogP contribution in [0, 0.1) is 6.92 Å². The van der Waals surface area contributed by atoms with Crippen molar-refractivity contribution < 1.29 is 8.95 Å². The molecule has 116 valence electrons. The number of rotatable bonds is 4. The number of aryl methyl sites for hydroxylation is 1. The van der Waals surface area contributed by atoms with E-state index in [0.29, 0.717) is 0 Å². The Hall–Kier alpha value is -2.39. The fourth-order valence-electron chi connectivity index (χ4n) is 2.51. The van der Waals surface area contributed by atoms with Crippen LogP contribution in [0.25, 0.3) is 11.1 Å². The van der Waals surface area contributed by atoms with Gasteiger partial charge in [0.15, 0.2) is 0 Å². The van der Waals surface area contributed by atoms with Crippen LogP contribution in [0.4, 0.5) is 0 Å². The van der Waals surface area contributed by atoms with Gasteiger partial charge in [0, 0.05) is 16.0 Å². The van der Waals surface area contributed by atoms with E-state index in [1.807, 2.05) is 79.7 Å². The van der Waals surface area contributed by atoms with Gasteiger partial charge in [-0.05, 0) is 31.2 Å². The average molecular weight is 322 g/mol. The minimum absolute atomic E-state index is 0.779. The van der Waals surface area contributed by atoms with Gasteiger partial charge in [0.1, 0.15) is 5.75 Å². The smallest absolute Gasteiger partial charge is 0.126 e. The van der Waals surface area contributed by atoms with Crippen LogP contribution in [0.5, 0.6) is 5.75 Å². The number of para-hydroxylation sites is 1. The fraction of sp³-hybridized carbons (Fsp3) is 0.100. The molecule has 3 aromatic rings. The zero-order chi connectivity index (χ0) is 16.2. The Morgan fingerprint density at radius 2 is 1.39 bits per heavy atom. The third-order valence-electron chi connectivity index (χ3n) is 3.72. The maximum Gasteiger partial charge on any atom is 0.126 e. The summed E-state index contributed by atoms with van der Waals surface area (Å²) in [7, 11) is 0.418. The Bertz CT molecular complexity index is 838. The van der Waals surface area contributed by atoms with Crippen molar-refractivity contribution in [2.75, 3.05) is 7.11 Å². The fourth-order valence-corrected chi connectivity index (χ4v) is 3.72. The first-order valence-electron chi connectivity index (χ1n) is 7.41. The van der Waals surface area contributed by atoms with Crippen molar-refractivity contribution in [1.29, 1.82) is 0 Å². The predicted octanol–water partition coefficient (Wildman–Crippen LogP) is 4.84. The van der Waals surface area contributed by atoms with Gasteiger partial charge in [-0.15, -0.1) is 0 Å². The van der Waals surface area contributed by atoms with Crippen molar-refractivity contribution in [3.63, 3.8) is 0 Å². The summed E-state index contributed by atoms with van der Waals surface area (Å²) < 4.78 is 18.5. The Morgan fingerprint density at radius 1 is 0.783 bits per heavy atom. The maximum atomic E-state index is 13.0. The summed E-state index contributed by atoms with van der Waals surface area (Å²) in [6.07, 6.45) is 0. The van der Waals surface area contributed by atoms with Gasteiger partial charge in [0.25, 0.3) is 0 Å². The maximum absolute atomic E-state index is 13.0. The van der Waals surface area contributed by atoms with E-state index >= 15 is 0 Å². The second-order valence-corrected chi connectivity index (χ2v) is 6.73. The molecule has 0 aliphatic rings. The molecule has 0 fully saturated rings. The van der Waals surface area contributed by atoms with Crippen LogP contribution >= 0.6 is 0 Å². The first-order chi connectivity index (χ1) is 11.2. The van der Waals surface area contributed by atoms with Gasteiger partial charge in [-0.1, -0.05) is 54.1 Å².